The van der Waals surface area contributed by atoms with Gasteiger partial charge in [-0.05, 0) is 36.6 Å². The van der Waals surface area contributed by atoms with Gasteiger partial charge in [0.25, 0.3) is 5.91 Å². The molecule has 1 aliphatic heterocycles. The predicted octanol–water partition coefficient (Wildman–Crippen LogP) is 3.93. The highest BCUT2D eigenvalue weighted by Gasteiger charge is 2.29. The topological polar surface area (TPSA) is 42.4 Å². The Balaban J connectivity index is 2.04. The van der Waals surface area contributed by atoms with Crippen molar-refractivity contribution in [3.63, 3.8) is 0 Å². The zero-order chi connectivity index (χ0) is 16.4. The molecule has 0 radical (unpaired) electrons. The summed E-state index contributed by atoms with van der Waals surface area (Å²) >= 11 is 5.98. The number of pyridine rings is 1. The Kier molecular flexibility index (Phi) is 4.43. The molecule has 7 heteroatoms. The molecule has 0 atom stereocenters. The van der Waals surface area contributed by atoms with Crippen molar-refractivity contribution in [2.75, 3.05) is 11.4 Å². The van der Waals surface area contributed by atoms with Gasteiger partial charge in [-0.3, -0.25) is 4.79 Å². The lowest BCUT2D eigenvalue weighted by molar-refractivity contribution is -0.0495. The number of hydrogen-bond donors (Lipinski definition) is 0. The second-order valence-electron chi connectivity index (χ2n) is 5.04. The normalized spacial score (nSPS) is 13.8. The molecular weight excluding hydrogens is 326 g/mol. The third kappa shape index (κ3) is 3.12. The van der Waals surface area contributed by atoms with Crippen molar-refractivity contribution in [2.45, 2.75) is 19.5 Å². The maximum atomic E-state index is 12.8. The Labute approximate surface area is 136 Å². The molecule has 1 aliphatic rings. The Hall–Kier alpha value is -2.21. The van der Waals surface area contributed by atoms with E-state index < -0.39 is 6.61 Å². The number of alkyl halides is 2. The molecule has 3 rings (SSSR count). The lowest BCUT2D eigenvalue weighted by atomic mass is 10.00. The third-order valence-corrected chi connectivity index (χ3v) is 3.93. The van der Waals surface area contributed by atoms with Crippen LogP contribution in [0.2, 0.25) is 5.15 Å². The van der Waals surface area contributed by atoms with Crippen molar-refractivity contribution in [1.82, 2.24) is 4.98 Å². The summed E-state index contributed by atoms with van der Waals surface area (Å²) in [5, 5.41) is 0.0804. The van der Waals surface area contributed by atoms with E-state index in [4.69, 9.17) is 11.6 Å². The van der Waals surface area contributed by atoms with E-state index in [1.165, 1.54) is 17.2 Å². The van der Waals surface area contributed by atoms with Crippen molar-refractivity contribution >= 4 is 23.2 Å². The number of para-hydroxylation sites is 1. The fourth-order valence-corrected chi connectivity index (χ4v) is 2.90. The number of carbonyl (C=O) groups excluding carboxylic acids is 1. The molecule has 0 unspecified atom stereocenters. The molecule has 120 valence electrons. The van der Waals surface area contributed by atoms with Crippen molar-refractivity contribution < 1.29 is 18.3 Å². The van der Waals surface area contributed by atoms with Crippen LogP contribution in [0.5, 0.6) is 5.75 Å². The third-order valence-electron chi connectivity index (χ3n) is 3.63. The molecule has 0 N–H and O–H groups in total. The highest BCUT2D eigenvalue weighted by Crippen LogP contribution is 2.38. The lowest BCUT2D eigenvalue weighted by Gasteiger charge is -2.31. The molecule has 0 saturated carbocycles. The molecule has 1 amide bonds. The molecule has 1 aromatic heterocycles. The molecule has 0 saturated heterocycles. The van der Waals surface area contributed by atoms with Gasteiger partial charge in [-0.15, -0.1) is 0 Å². The number of benzene rings is 1. The standard InChI is InChI=1S/C16H13ClF2N2O2/c17-14-11(6-2-8-20-14)15(22)21-9-3-5-10-4-1-7-12(13(10)21)23-16(18)19/h1-2,4,6-8,16H,3,5,9H2. The molecular formula is C16H13ClF2N2O2. The van der Waals surface area contributed by atoms with Gasteiger partial charge in [0.05, 0.1) is 11.3 Å². The number of aryl methyl sites for hydroxylation is 1. The summed E-state index contributed by atoms with van der Waals surface area (Å²) < 4.78 is 29.9. The van der Waals surface area contributed by atoms with Gasteiger partial charge in [0.15, 0.2) is 0 Å². The first-order chi connectivity index (χ1) is 11.1. The van der Waals surface area contributed by atoms with Gasteiger partial charge in [-0.2, -0.15) is 8.78 Å². The molecule has 23 heavy (non-hydrogen) atoms. The van der Waals surface area contributed by atoms with E-state index in [0.29, 0.717) is 18.7 Å². The lowest BCUT2D eigenvalue weighted by Crippen LogP contribution is -2.36. The smallest absolute Gasteiger partial charge is 0.387 e. The minimum absolute atomic E-state index is 0.00874. The summed E-state index contributed by atoms with van der Waals surface area (Å²) in [6.45, 7) is -2.55. The molecule has 4 nitrogen and oxygen atoms in total. The number of amides is 1. The van der Waals surface area contributed by atoms with Gasteiger partial charge in [-0.25, -0.2) is 4.98 Å². The van der Waals surface area contributed by atoms with E-state index in [9.17, 15) is 13.6 Å². The molecule has 0 bridgehead atoms. The summed E-state index contributed by atoms with van der Waals surface area (Å²) in [6, 6.07) is 8.04. The van der Waals surface area contributed by atoms with Crippen LogP contribution in [-0.2, 0) is 6.42 Å². The van der Waals surface area contributed by atoms with Crippen molar-refractivity contribution in [3.05, 3.63) is 52.8 Å². The van der Waals surface area contributed by atoms with Crippen LogP contribution >= 0.6 is 11.6 Å². The number of rotatable bonds is 3. The number of anilines is 1. The summed E-state index contributed by atoms with van der Waals surface area (Å²) in [5.41, 5.74) is 1.40. The molecule has 0 fully saturated rings. The Morgan fingerprint density at radius 1 is 1.30 bits per heavy atom. The van der Waals surface area contributed by atoms with Crippen molar-refractivity contribution in [1.29, 1.82) is 0 Å². The van der Waals surface area contributed by atoms with Crippen LogP contribution in [0.25, 0.3) is 0 Å². The summed E-state index contributed by atoms with van der Waals surface area (Å²) in [6.07, 6.45) is 2.91. The van der Waals surface area contributed by atoms with Crippen LogP contribution in [0.1, 0.15) is 22.3 Å². The SMILES string of the molecule is O=C(c1cccnc1Cl)N1CCCc2cccc(OC(F)F)c21. The number of ether oxygens (including phenoxy) is 1. The molecule has 2 aromatic rings. The van der Waals surface area contributed by atoms with E-state index in [0.717, 1.165) is 12.0 Å². The minimum Gasteiger partial charge on any atom is -0.433 e. The molecule has 0 aliphatic carbocycles. The summed E-state index contributed by atoms with van der Waals surface area (Å²) in [5.74, 6) is -0.389. The summed E-state index contributed by atoms with van der Waals surface area (Å²) in [4.78, 5) is 18.1. The second-order valence-corrected chi connectivity index (χ2v) is 5.40. The molecule has 2 heterocycles. The second kappa shape index (κ2) is 6.50. The van der Waals surface area contributed by atoms with E-state index in [2.05, 4.69) is 9.72 Å². The van der Waals surface area contributed by atoms with Gasteiger partial charge in [0.2, 0.25) is 0 Å². The summed E-state index contributed by atoms with van der Waals surface area (Å²) in [7, 11) is 0. The maximum absolute atomic E-state index is 12.8. The highest BCUT2D eigenvalue weighted by molar-refractivity contribution is 6.33. The number of hydrogen-bond acceptors (Lipinski definition) is 3. The van der Waals surface area contributed by atoms with E-state index >= 15 is 0 Å². The van der Waals surface area contributed by atoms with Crippen molar-refractivity contribution in [3.8, 4) is 5.75 Å². The first-order valence-corrected chi connectivity index (χ1v) is 7.45. The van der Waals surface area contributed by atoms with Crippen LogP contribution in [-0.4, -0.2) is 24.0 Å². The van der Waals surface area contributed by atoms with E-state index in [1.807, 2.05) is 0 Å². The van der Waals surface area contributed by atoms with E-state index in [-0.39, 0.29) is 22.4 Å². The largest absolute Gasteiger partial charge is 0.433 e. The zero-order valence-corrected chi connectivity index (χ0v) is 12.8. The predicted molar refractivity (Wildman–Crippen MR) is 82.3 cm³/mol. The fourth-order valence-electron chi connectivity index (χ4n) is 2.70. The number of halogens is 3. The quantitative estimate of drug-likeness (QED) is 0.796. The first-order valence-electron chi connectivity index (χ1n) is 7.07. The van der Waals surface area contributed by atoms with Crippen LogP contribution < -0.4 is 9.64 Å². The number of fused-ring (bicyclic) bond motifs is 1. The van der Waals surface area contributed by atoms with Gasteiger partial charge in [-0.1, -0.05) is 23.7 Å². The molecule has 1 aromatic carbocycles. The Morgan fingerprint density at radius 2 is 2.13 bits per heavy atom. The number of aromatic nitrogens is 1. The van der Waals surface area contributed by atoms with Gasteiger partial charge in [0.1, 0.15) is 10.9 Å². The van der Waals surface area contributed by atoms with Crippen molar-refractivity contribution in [2.24, 2.45) is 0 Å². The highest BCUT2D eigenvalue weighted by atomic mass is 35.5. The average molecular weight is 339 g/mol. The Morgan fingerprint density at radius 3 is 2.87 bits per heavy atom. The molecule has 0 spiro atoms. The van der Waals surface area contributed by atoms with Crippen LogP contribution in [0.15, 0.2) is 36.5 Å². The number of nitrogens with zero attached hydrogens (tertiary/aromatic N) is 2. The van der Waals surface area contributed by atoms with Crippen LogP contribution in [0.3, 0.4) is 0 Å². The fraction of sp³-hybridized carbons (Fsp3) is 0.250. The van der Waals surface area contributed by atoms with Crippen LogP contribution in [0.4, 0.5) is 14.5 Å². The van der Waals surface area contributed by atoms with E-state index in [1.54, 1.807) is 24.3 Å². The van der Waals surface area contributed by atoms with Gasteiger partial charge >= 0.3 is 6.61 Å². The zero-order valence-electron chi connectivity index (χ0n) is 12.0. The monoisotopic (exact) mass is 338 g/mol. The van der Waals surface area contributed by atoms with Gasteiger partial charge < -0.3 is 9.64 Å². The minimum atomic E-state index is -2.96. The van der Waals surface area contributed by atoms with Crippen LogP contribution in [0, 0.1) is 0 Å². The maximum Gasteiger partial charge on any atom is 0.387 e. The number of carbonyl (C=O) groups is 1. The first kappa shape index (κ1) is 15.7. The average Bonchev–Trinajstić information content (AvgIpc) is 2.54. The Bertz CT molecular complexity index is 740. The van der Waals surface area contributed by atoms with Gasteiger partial charge in [0, 0.05) is 12.7 Å².